The van der Waals surface area contributed by atoms with Crippen molar-refractivity contribution in [3.05, 3.63) is 54.3 Å². The first-order valence-corrected chi connectivity index (χ1v) is 8.33. The third-order valence-electron chi connectivity index (χ3n) is 4.65. The molecule has 6 nitrogen and oxygen atoms in total. The predicted molar refractivity (Wildman–Crippen MR) is 88.0 cm³/mol. The largest absolute Gasteiger partial charge is 0.467 e. The van der Waals surface area contributed by atoms with E-state index in [0.717, 1.165) is 43.1 Å². The van der Waals surface area contributed by atoms with Gasteiger partial charge in [0.1, 0.15) is 23.3 Å². The van der Waals surface area contributed by atoms with Crippen LogP contribution in [0.2, 0.25) is 0 Å². The molecule has 4 heterocycles. The van der Waals surface area contributed by atoms with Crippen LogP contribution in [-0.4, -0.2) is 32.8 Å². The zero-order valence-corrected chi connectivity index (χ0v) is 13.4. The molecule has 0 saturated carbocycles. The molecule has 0 aliphatic carbocycles. The Bertz CT molecular complexity index is 748. The Morgan fingerprint density at radius 2 is 2.29 bits per heavy atom. The van der Waals surface area contributed by atoms with Crippen molar-refractivity contribution in [1.82, 2.24) is 15.1 Å². The van der Waals surface area contributed by atoms with E-state index in [2.05, 4.69) is 15.1 Å². The highest BCUT2D eigenvalue weighted by Crippen LogP contribution is 2.29. The molecule has 3 aromatic rings. The summed E-state index contributed by atoms with van der Waals surface area (Å²) >= 11 is 0. The standard InChI is InChI=1S/C18H21N3O3/c22-16(18-4-2-10-23-18)11-13-3-1-9-21(13)12-14-5-6-17(24-14)15-7-8-19-20-15/h2,4-8,10,13,16,22H,1,3,9,11-12H2,(H,19,20)/t13-,16+/m1/s1. The number of hydrogen-bond acceptors (Lipinski definition) is 5. The normalized spacial score (nSPS) is 19.8. The molecular weight excluding hydrogens is 306 g/mol. The zero-order chi connectivity index (χ0) is 16.4. The molecule has 3 aromatic heterocycles. The molecular formula is C18H21N3O3. The number of aromatic amines is 1. The van der Waals surface area contributed by atoms with Gasteiger partial charge in [0, 0.05) is 12.2 Å². The van der Waals surface area contributed by atoms with Gasteiger partial charge in [0.2, 0.25) is 0 Å². The Morgan fingerprint density at radius 1 is 1.33 bits per heavy atom. The van der Waals surface area contributed by atoms with Crippen LogP contribution >= 0.6 is 0 Å². The van der Waals surface area contributed by atoms with Crippen molar-refractivity contribution >= 4 is 0 Å². The number of furan rings is 2. The second kappa shape index (κ2) is 6.67. The highest BCUT2D eigenvalue weighted by Gasteiger charge is 2.28. The number of hydrogen-bond donors (Lipinski definition) is 2. The molecule has 24 heavy (non-hydrogen) atoms. The topological polar surface area (TPSA) is 78.4 Å². The molecule has 0 aromatic carbocycles. The van der Waals surface area contributed by atoms with E-state index in [4.69, 9.17) is 8.83 Å². The lowest BCUT2D eigenvalue weighted by molar-refractivity contribution is 0.0972. The van der Waals surface area contributed by atoms with Crippen LogP contribution in [0.1, 0.15) is 36.9 Å². The molecule has 0 amide bonds. The fourth-order valence-corrected chi connectivity index (χ4v) is 3.43. The van der Waals surface area contributed by atoms with Crippen LogP contribution < -0.4 is 0 Å². The van der Waals surface area contributed by atoms with Crippen molar-refractivity contribution in [2.75, 3.05) is 6.54 Å². The lowest BCUT2D eigenvalue weighted by Crippen LogP contribution is -2.30. The van der Waals surface area contributed by atoms with Crippen molar-refractivity contribution in [3.8, 4) is 11.5 Å². The van der Waals surface area contributed by atoms with E-state index in [-0.39, 0.29) is 0 Å². The molecule has 4 rings (SSSR count). The van der Waals surface area contributed by atoms with Crippen LogP contribution in [0.15, 0.2) is 51.6 Å². The molecule has 0 radical (unpaired) electrons. The summed E-state index contributed by atoms with van der Waals surface area (Å²) in [6, 6.07) is 9.84. The lowest BCUT2D eigenvalue weighted by Gasteiger charge is -2.25. The van der Waals surface area contributed by atoms with Gasteiger partial charge in [0.25, 0.3) is 0 Å². The Hall–Kier alpha value is -2.31. The van der Waals surface area contributed by atoms with E-state index < -0.39 is 6.10 Å². The minimum atomic E-state index is -0.553. The first kappa shape index (κ1) is 15.2. The Morgan fingerprint density at radius 3 is 3.08 bits per heavy atom. The number of nitrogens with one attached hydrogen (secondary N) is 1. The summed E-state index contributed by atoms with van der Waals surface area (Å²) in [4.78, 5) is 2.38. The molecule has 0 unspecified atom stereocenters. The van der Waals surface area contributed by atoms with Gasteiger partial charge < -0.3 is 13.9 Å². The van der Waals surface area contributed by atoms with Crippen molar-refractivity contribution in [1.29, 1.82) is 0 Å². The number of nitrogens with zero attached hydrogens (tertiary/aromatic N) is 2. The summed E-state index contributed by atoms with van der Waals surface area (Å²) in [7, 11) is 0. The Balaban J connectivity index is 1.40. The first-order chi connectivity index (χ1) is 11.8. The van der Waals surface area contributed by atoms with Gasteiger partial charge in [0.15, 0.2) is 5.76 Å². The summed E-state index contributed by atoms with van der Waals surface area (Å²) < 4.78 is 11.2. The van der Waals surface area contributed by atoms with Crippen LogP contribution in [0.5, 0.6) is 0 Å². The van der Waals surface area contributed by atoms with Crippen molar-refractivity contribution in [3.63, 3.8) is 0 Å². The molecule has 0 bridgehead atoms. The maximum atomic E-state index is 10.3. The minimum Gasteiger partial charge on any atom is -0.467 e. The Labute approximate surface area is 140 Å². The van der Waals surface area contributed by atoms with Crippen molar-refractivity contribution in [2.45, 2.75) is 38.0 Å². The van der Waals surface area contributed by atoms with Gasteiger partial charge in [0.05, 0.1) is 12.8 Å². The van der Waals surface area contributed by atoms with Gasteiger partial charge in [-0.25, -0.2) is 0 Å². The number of aromatic nitrogens is 2. The first-order valence-electron chi connectivity index (χ1n) is 8.33. The van der Waals surface area contributed by atoms with Gasteiger partial charge in [-0.3, -0.25) is 10.00 Å². The fourth-order valence-electron chi connectivity index (χ4n) is 3.43. The molecule has 6 heteroatoms. The smallest absolute Gasteiger partial charge is 0.152 e. The molecule has 1 aliphatic heterocycles. The van der Waals surface area contributed by atoms with E-state index >= 15 is 0 Å². The SMILES string of the molecule is O[C@@H](C[C@H]1CCCN1Cc1ccc(-c2ccn[nH]2)o1)c1ccco1. The second-order valence-electron chi connectivity index (χ2n) is 6.27. The molecule has 2 N–H and O–H groups in total. The molecule has 126 valence electrons. The van der Waals surface area contributed by atoms with Gasteiger partial charge in [-0.2, -0.15) is 5.10 Å². The molecule has 0 spiro atoms. The van der Waals surface area contributed by atoms with Crippen LogP contribution in [0, 0.1) is 0 Å². The van der Waals surface area contributed by atoms with Gasteiger partial charge in [-0.15, -0.1) is 0 Å². The van der Waals surface area contributed by atoms with Crippen molar-refractivity contribution in [2.24, 2.45) is 0 Å². The predicted octanol–water partition coefficient (Wildman–Crippen LogP) is 3.35. The molecule has 2 atom stereocenters. The highest BCUT2D eigenvalue weighted by molar-refractivity contribution is 5.51. The fraction of sp³-hybridized carbons (Fsp3) is 0.389. The van der Waals surface area contributed by atoms with Crippen LogP contribution in [0.4, 0.5) is 0 Å². The van der Waals surface area contributed by atoms with Gasteiger partial charge in [-0.05, 0) is 56.1 Å². The number of H-pyrrole nitrogens is 1. The van der Waals surface area contributed by atoms with E-state index in [1.807, 2.05) is 30.3 Å². The van der Waals surface area contributed by atoms with Crippen LogP contribution in [-0.2, 0) is 6.54 Å². The minimum absolute atomic E-state index is 0.339. The average Bonchev–Trinajstić information content (AvgIpc) is 3.37. The molecule has 1 fully saturated rings. The highest BCUT2D eigenvalue weighted by atomic mass is 16.4. The van der Waals surface area contributed by atoms with E-state index in [1.165, 1.54) is 0 Å². The summed E-state index contributed by atoms with van der Waals surface area (Å²) in [5.41, 5.74) is 0.882. The summed E-state index contributed by atoms with van der Waals surface area (Å²) in [6.45, 7) is 1.78. The second-order valence-corrected chi connectivity index (χ2v) is 6.27. The van der Waals surface area contributed by atoms with E-state index in [1.54, 1.807) is 12.5 Å². The summed E-state index contributed by atoms with van der Waals surface area (Å²) in [6.07, 6.45) is 5.68. The average molecular weight is 327 g/mol. The lowest BCUT2D eigenvalue weighted by atomic mass is 10.1. The molecule has 1 saturated heterocycles. The summed E-state index contributed by atoms with van der Waals surface area (Å²) in [5, 5.41) is 17.2. The maximum absolute atomic E-state index is 10.3. The van der Waals surface area contributed by atoms with Crippen LogP contribution in [0.25, 0.3) is 11.5 Å². The molecule has 1 aliphatic rings. The number of aliphatic hydroxyl groups excluding tert-OH is 1. The van der Waals surface area contributed by atoms with E-state index in [9.17, 15) is 5.11 Å². The van der Waals surface area contributed by atoms with E-state index in [0.29, 0.717) is 18.2 Å². The van der Waals surface area contributed by atoms with Gasteiger partial charge >= 0.3 is 0 Å². The maximum Gasteiger partial charge on any atom is 0.152 e. The van der Waals surface area contributed by atoms with Crippen molar-refractivity contribution < 1.29 is 13.9 Å². The Kier molecular flexibility index (Phi) is 4.23. The number of aliphatic hydroxyl groups is 1. The van der Waals surface area contributed by atoms with Crippen LogP contribution in [0.3, 0.4) is 0 Å². The number of likely N-dealkylation sites (tertiary alicyclic amines) is 1. The number of rotatable bonds is 6. The zero-order valence-electron chi connectivity index (χ0n) is 13.4. The summed E-state index contributed by atoms with van der Waals surface area (Å²) in [5.74, 6) is 2.37. The van der Waals surface area contributed by atoms with Gasteiger partial charge in [-0.1, -0.05) is 0 Å². The third-order valence-corrected chi connectivity index (χ3v) is 4.65. The monoisotopic (exact) mass is 327 g/mol. The third kappa shape index (κ3) is 3.16. The quantitative estimate of drug-likeness (QED) is 0.726.